The van der Waals surface area contributed by atoms with E-state index >= 15 is 0 Å². The molecule has 3 nitrogen and oxygen atoms in total. The molecule has 0 bridgehead atoms. The van der Waals surface area contributed by atoms with Gasteiger partial charge in [0.1, 0.15) is 5.01 Å². The number of ether oxygens (including phenoxy) is 1. The van der Waals surface area contributed by atoms with Crippen LogP contribution in [0.3, 0.4) is 0 Å². The van der Waals surface area contributed by atoms with E-state index in [9.17, 15) is 4.79 Å². The molecule has 0 aliphatic rings. The number of hydrogen-bond donors (Lipinski definition) is 0. The first-order valence-electron chi connectivity index (χ1n) is 7.89. The Bertz CT molecular complexity index is 1090. The fourth-order valence-electron chi connectivity index (χ4n) is 2.77. The number of methoxy groups -OCH3 is 1. The van der Waals surface area contributed by atoms with Crippen LogP contribution in [0, 0.1) is 0 Å². The number of thiazole rings is 1. The molecule has 4 rings (SSSR count). The highest BCUT2D eigenvalue weighted by Gasteiger charge is 2.06. The van der Waals surface area contributed by atoms with Gasteiger partial charge in [-0.1, -0.05) is 48.5 Å². The Morgan fingerprint density at radius 1 is 1.00 bits per heavy atom. The monoisotopic (exact) mass is 345 g/mol. The minimum absolute atomic E-state index is 0.325. The maximum atomic E-state index is 11.5. The summed E-state index contributed by atoms with van der Waals surface area (Å²) in [5.41, 5.74) is 2.60. The Morgan fingerprint density at radius 2 is 1.80 bits per heavy atom. The minimum Gasteiger partial charge on any atom is -0.465 e. The zero-order chi connectivity index (χ0) is 17.2. The van der Waals surface area contributed by atoms with Gasteiger partial charge in [0, 0.05) is 5.39 Å². The van der Waals surface area contributed by atoms with Crippen molar-refractivity contribution in [1.29, 1.82) is 0 Å². The number of benzene rings is 3. The van der Waals surface area contributed by atoms with Gasteiger partial charge in [-0.05, 0) is 35.2 Å². The van der Waals surface area contributed by atoms with Crippen molar-refractivity contribution in [3.05, 3.63) is 76.8 Å². The predicted molar refractivity (Wildman–Crippen MR) is 104 cm³/mol. The van der Waals surface area contributed by atoms with Gasteiger partial charge in [0.2, 0.25) is 0 Å². The Kier molecular flexibility index (Phi) is 4.04. The topological polar surface area (TPSA) is 39.2 Å². The van der Waals surface area contributed by atoms with Crippen molar-refractivity contribution in [1.82, 2.24) is 4.98 Å². The summed E-state index contributed by atoms with van der Waals surface area (Å²) in [6.45, 7) is 0. The van der Waals surface area contributed by atoms with E-state index in [1.54, 1.807) is 23.5 Å². The summed E-state index contributed by atoms with van der Waals surface area (Å²) >= 11 is 1.67. The summed E-state index contributed by atoms with van der Waals surface area (Å²) < 4.78 is 5.89. The normalized spacial score (nSPS) is 11.4. The number of hydrogen-bond acceptors (Lipinski definition) is 4. The number of rotatable bonds is 3. The molecule has 0 unspecified atom stereocenters. The number of aromatic nitrogens is 1. The van der Waals surface area contributed by atoms with Crippen LogP contribution in [0.2, 0.25) is 0 Å². The Balaban J connectivity index is 1.65. The summed E-state index contributed by atoms with van der Waals surface area (Å²) in [5.74, 6) is -0.325. The standard InChI is InChI=1S/C21H15NO2S/c1-24-21(23)16-9-6-14(7-10-16)8-13-19-22-20-17-5-3-2-4-15(17)11-12-18(20)25-19/h2-13H,1H3/b13-8+. The Hall–Kier alpha value is -2.98. The molecule has 0 aliphatic carbocycles. The Labute approximate surface area is 149 Å². The van der Waals surface area contributed by atoms with Crippen molar-refractivity contribution in [3.63, 3.8) is 0 Å². The lowest BCUT2D eigenvalue weighted by Crippen LogP contribution is -2.00. The molecule has 4 aromatic rings. The van der Waals surface area contributed by atoms with Crippen LogP contribution in [0.5, 0.6) is 0 Å². The van der Waals surface area contributed by atoms with E-state index in [4.69, 9.17) is 9.72 Å². The summed E-state index contributed by atoms with van der Waals surface area (Å²) in [4.78, 5) is 16.2. The molecular weight excluding hydrogens is 330 g/mol. The van der Waals surface area contributed by atoms with Crippen molar-refractivity contribution in [3.8, 4) is 0 Å². The van der Waals surface area contributed by atoms with E-state index < -0.39 is 0 Å². The molecule has 1 aromatic heterocycles. The van der Waals surface area contributed by atoms with Crippen LogP contribution in [0.4, 0.5) is 0 Å². The molecule has 0 aliphatic heterocycles. The Morgan fingerprint density at radius 3 is 2.60 bits per heavy atom. The molecule has 4 heteroatoms. The highest BCUT2D eigenvalue weighted by Crippen LogP contribution is 2.30. The van der Waals surface area contributed by atoms with Gasteiger partial charge in [0.05, 0.1) is 22.9 Å². The molecule has 0 fully saturated rings. The largest absolute Gasteiger partial charge is 0.465 e. The first-order valence-corrected chi connectivity index (χ1v) is 8.71. The molecule has 0 atom stereocenters. The zero-order valence-electron chi connectivity index (χ0n) is 13.6. The highest BCUT2D eigenvalue weighted by atomic mass is 32.1. The van der Waals surface area contributed by atoms with Gasteiger partial charge in [0.15, 0.2) is 0 Å². The van der Waals surface area contributed by atoms with Crippen molar-refractivity contribution in [2.45, 2.75) is 0 Å². The van der Waals surface area contributed by atoms with E-state index in [0.717, 1.165) is 16.1 Å². The predicted octanol–water partition coefficient (Wildman–Crippen LogP) is 5.41. The lowest BCUT2D eigenvalue weighted by atomic mass is 10.1. The summed E-state index contributed by atoms with van der Waals surface area (Å²) in [5, 5.41) is 3.34. The van der Waals surface area contributed by atoms with Crippen LogP contribution < -0.4 is 0 Å². The fourth-order valence-corrected chi connectivity index (χ4v) is 3.65. The van der Waals surface area contributed by atoms with Crippen molar-refractivity contribution >= 4 is 50.4 Å². The number of esters is 1. The first-order chi connectivity index (χ1) is 12.2. The maximum Gasteiger partial charge on any atom is 0.337 e. The van der Waals surface area contributed by atoms with Crippen LogP contribution in [0.25, 0.3) is 33.1 Å². The maximum absolute atomic E-state index is 11.5. The minimum atomic E-state index is -0.325. The van der Waals surface area contributed by atoms with Crippen molar-refractivity contribution in [2.75, 3.05) is 7.11 Å². The van der Waals surface area contributed by atoms with Crippen LogP contribution in [-0.4, -0.2) is 18.1 Å². The summed E-state index contributed by atoms with van der Waals surface area (Å²) in [6, 6.07) is 19.9. The highest BCUT2D eigenvalue weighted by molar-refractivity contribution is 7.19. The quantitative estimate of drug-likeness (QED) is 0.466. The number of carbonyl (C=O) groups excluding carboxylic acids is 1. The average Bonchev–Trinajstić information content (AvgIpc) is 3.10. The molecule has 0 saturated heterocycles. The van der Waals surface area contributed by atoms with Gasteiger partial charge in [-0.15, -0.1) is 11.3 Å². The molecule has 1 heterocycles. The molecule has 0 saturated carbocycles. The van der Waals surface area contributed by atoms with E-state index in [1.807, 2.05) is 36.4 Å². The molecular formula is C21H15NO2S. The van der Waals surface area contributed by atoms with Crippen LogP contribution >= 0.6 is 11.3 Å². The van der Waals surface area contributed by atoms with Crippen LogP contribution in [-0.2, 0) is 4.74 Å². The van der Waals surface area contributed by atoms with Gasteiger partial charge >= 0.3 is 5.97 Å². The summed E-state index contributed by atoms with van der Waals surface area (Å²) in [7, 11) is 1.38. The van der Waals surface area contributed by atoms with Crippen molar-refractivity contribution < 1.29 is 9.53 Å². The molecule has 0 amide bonds. The second-order valence-electron chi connectivity index (χ2n) is 5.63. The lowest BCUT2D eigenvalue weighted by Gasteiger charge is -1.99. The van der Waals surface area contributed by atoms with Crippen LogP contribution in [0.15, 0.2) is 60.7 Å². The number of nitrogens with zero attached hydrogens (tertiary/aromatic N) is 1. The molecule has 3 aromatic carbocycles. The van der Waals surface area contributed by atoms with Gasteiger partial charge in [-0.25, -0.2) is 9.78 Å². The zero-order valence-corrected chi connectivity index (χ0v) is 14.4. The summed E-state index contributed by atoms with van der Waals surface area (Å²) in [6.07, 6.45) is 4.01. The van der Waals surface area contributed by atoms with Gasteiger partial charge in [-0.3, -0.25) is 0 Å². The smallest absolute Gasteiger partial charge is 0.337 e. The molecule has 0 N–H and O–H groups in total. The third-order valence-corrected chi connectivity index (χ3v) is 5.04. The van der Waals surface area contributed by atoms with Crippen LogP contribution in [0.1, 0.15) is 20.9 Å². The van der Waals surface area contributed by atoms with E-state index in [2.05, 4.69) is 24.3 Å². The average molecular weight is 345 g/mol. The third-order valence-electron chi connectivity index (χ3n) is 4.05. The van der Waals surface area contributed by atoms with E-state index in [1.165, 1.54) is 22.6 Å². The molecule has 25 heavy (non-hydrogen) atoms. The number of carbonyl (C=O) groups is 1. The molecule has 0 radical (unpaired) electrons. The second kappa shape index (κ2) is 6.49. The SMILES string of the molecule is COC(=O)c1ccc(/C=C/c2nc3c(ccc4ccccc43)s2)cc1. The van der Waals surface area contributed by atoms with E-state index in [-0.39, 0.29) is 5.97 Å². The molecule has 0 spiro atoms. The molecule has 122 valence electrons. The fraction of sp³-hybridized carbons (Fsp3) is 0.0476. The van der Waals surface area contributed by atoms with Crippen molar-refractivity contribution in [2.24, 2.45) is 0 Å². The van der Waals surface area contributed by atoms with Gasteiger partial charge < -0.3 is 4.74 Å². The van der Waals surface area contributed by atoms with Gasteiger partial charge in [0.25, 0.3) is 0 Å². The number of fused-ring (bicyclic) bond motifs is 3. The van der Waals surface area contributed by atoms with E-state index in [0.29, 0.717) is 5.56 Å². The second-order valence-corrected chi connectivity index (χ2v) is 6.69. The van der Waals surface area contributed by atoms with Gasteiger partial charge in [-0.2, -0.15) is 0 Å². The lowest BCUT2D eigenvalue weighted by molar-refractivity contribution is 0.0600. The third kappa shape index (κ3) is 3.04. The first kappa shape index (κ1) is 15.5.